The summed E-state index contributed by atoms with van der Waals surface area (Å²) in [6, 6.07) is 0. The second-order valence-corrected chi connectivity index (χ2v) is 6.15. The lowest BCUT2D eigenvalue weighted by Crippen LogP contribution is -2.26. The summed E-state index contributed by atoms with van der Waals surface area (Å²) in [5.74, 6) is 0.657. The van der Waals surface area contributed by atoms with Crippen molar-refractivity contribution in [2.75, 3.05) is 6.54 Å². The van der Waals surface area contributed by atoms with Crippen molar-refractivity contribution in [3.63, 3.8) is 0 Å². The van der Waals surface area contributed by atoms with E-state index in [1.807, 2.05) is 6.92 Å². The van der Waals surface area contributed by atoms with Crippen molar-refractivity contribution in [3.05, 3.63) is 23.0 Å². The Morgan fingerprint density at radius 3 is 2.67 bits per heavy atom. The highest BCUT2D eigenvalue weighted by molar-refractivity contribution is 7.89. The highest BCUT2D eigenvalue weighted by Gasteiger charge is 2.24. The standard InChI is InChI=1S/C11H18N6O3S/c1-4-12-5-9-7(2)15-16-11(9)21(18,19)13-6-10-14-8(3)17-20-10/h12-13H,4-6H2,1-3H3,(H,15,16). The predicted molar refractivity (Wildman–Crippen MR) is 73.8 cm³/mol. The molecule has 0 radical (unpaired) electrons. The molecule has 0 amide bonds. The first-order valence-corrected chi connectivity index (χ1v) is 7.95. The molecule has 2 aromatic heterocycles. The number of aromatic nitrogens is 4. The minimum Gasteiger partial charge on any atom is -0.338 e. The first kappa shape index (κ1) is 15.6. The molecule has 0 aliphatic carbocycles. The average Bonchev–Trinajstić information content (AvgIpc) is 3.01. The molecule has 21 heavy (non-hydrogen) atoms. The van der Waals surface area contributed by atoms with E-state index < -0.39 is 10.0 Å². The third-order valence-electron chi connectivity index (χ3n) is 2.83. The van der Waals surface area contributed by atoms with E-state index in [-0.39, 0.29) is 17.5 Å². The third-order valence-corrected chi connectivity index (χ3v) is 4.20. The Bertz CT molecular complexity index is 705. The first-order chi connectivity index (χ1) is 9.94. The number of nitrogens with one attached hydrogen (secondary N) is 3. The van der Waals surface area contributed by atoms with Crippen LogP contribution in [0.25, 0.3) is 0 Å². The molecule has 116 valence electrons. The summed E-state index contributed by atoms with van der Waals surface area (Å²) in [5, 5.41) is 13.2. The van der Waals surface area contributed by atoms with Gasteiger partial charge in [0.15, 0.2) is 10.9 Å². The molecule has 0 saturated heterocycles. The van der Waals surface area contributed by atoms with Crippen molar-refractivity contribution in [1.82, 2.24) is 30.4 Å². The maximum absolute atomic E-state index is 12.3. The molecule has 9 nitrogen and oxygen atoms in total. The zero-order valence-electron chi connectivity index (χ0n) is 12.1. The molecule has 0 aliphatic rings. The van der Waals surface area contributed by atoms with Gasteiger partial charge in [-0.1, -0.05) is 12.1 Å². The molecule has 0 saturated carbocycles. The Morgan fingerprint density at radius 2 is 2.05 bits per heavy atom. The second-order valence-electron chi connectivity index (χ2n) is 4.47. The van der Waals surface area contributed by atoms with Gasteiger partial charge in [0.2, 0.25) is 5.89 Å². The summed E-state index contributed by atoms with van der Waals surface area (Å²) in [6.45, 7) is 6.47. The molecule has 0 fully saturated rings. The highest BCUT2D eigenvalue weighted by atomic mass is 32.2. The molecule has 2 rings (SSSR count). The van der Waals surface area contributed by atoms with Crippen LogP contribution in [0.5, 0.6) is 0 Å². The van der Waals surface area contributed by atoms with Crippen molar-refractivity contribution < 1.29 is 12.9 Å². The summed E-state index contributed by atoms with van der Waals surface area (Å²) in [7, 11) is -3.75. The molecule has 0 aromatic carbocycles. The lowest BCUT2D eigenvalue weighted by atomic mass is 10.2. The Morgan fingerprint density at radius 1 is 1.29 bits per heavy atom. The van der Waals surface area contributed by atoms with Crippen LogP contribution < -0.4 is 10.0 Å². The van der Waals surface area contributed by atoms with E-state index in [1.54, 1.807) is 13.8 Å². The maximum Gasteiger partial charge on any atom is 0.260 e. The number of aromatic amines is 1. The topological polar surface area (TPSA) is 126 Å². The molecule has 2 aromatic rings. The quantitative estimate of drug-likeness (QED) is 0.656. The fraction of sp³-hybridized carbons (Fsp3) is 0.545. The van der Waals surface area contributed by atoms with Gasteiger partial charge >= 0.3 is 0 Å². The van der Waals surface area contributed by atoms with E-state index in [4.69, 9.17) is 4.52 Å². The van der Waals surface area contributed by atoms with Crippen molar-refractivity contribution >= 4 is 10.0 Å². The fourth-order valence-corrected chi connectivity index (χ4v) is 2.91. The summed E-state index contributed by atoms with van der Waals surface area (Å²) >= 11 is 0. The van der Waals surface area contributed by atoms with E-state index >= 15 is 0 Å². The Labute approximate surface area is 122 Å². The van der Waals surface area contributed by atoms with Gasteiger partial charge in [-0.05, 0) is 20.4 Å². The fourth-order valence-electron chi connectivity index (χ4n) is 1.75. The van der Waals surface area contributed by atoms with Crippen LogP contribution in [0.3, 0.4) is 0 Å². The number of nitrogens with zero attached hydrogens (tertiary/aromatic N) is 3. The number of sulfonamides is 1. The minimum atomic E-state index is -3.75. The van der Waals surface area contributed by atoms with Gasteiger partial charge in [0.05, 0.1) is 6.54 Å². The average molecular weight is 314 g/mol. The molecule has 10 heteroatoms. The van der Waals surface area contributed by atoms with Crippen LogP contribution in [0.4, 0.5) is 0 Å². The molecule has 0 bridgehead atoms. The van der Waals surface area contributed by atoms with Gasteiger partial charge in [-0.15, -0.1) is 0 Å². The second kappa shape index (κ2) is 6.33. The van der Waals surface area contributed by atoms with Gasteiger partial charge in [0.1, 0.15) is 0 Å². The monoisotopic (exact) mass is 314 g/mol. The summed E-state index contributed by atoms with van der Waals surface area (Å²) in [6.07, 6.45) is 0. The number of hydrogen-bond acceptors (Lipinski definition) is 7. The van der Waals surface area contributed by atoms with Gasteiger partial charge in [-0.2, -0.15) is 10.1 Å². The summed E-state index contributed by atoms with van der Waals surface area (Å²) in [5.41, 5.74) is 1.33. The zero-order chi connectivity index (χ0) is 15.5. The van der Waals surface area contributed by atoms with Crippen molar-refractivity contribution in [3.8, 4) is 0 Å². The van der Waals surface area contributed by atoms with Gasteiger partial charge in [-0.3, -0.25) is 5.10 Å². The maximum atomic E-state index is 12.3. The smallest absolute Gasteiger partial charge is 0.260 e. The Kier molecular flexibility index (Phi) is 4.70. The largest absolute Gasteiger partial charge is 0.338 e. The molecule has 0 unspecified atom stereocenters. The van der Waals surface area contributed by atoms with Gasteiger partial charge in [-0.25, -0.2) is 13.1 Å². The molecular formula is C11H18N6O3S. The first-order valence-electron chi connectivity index (χ1n) is 6.47. The van der Waals surface area contributed by atoms with Gasteiger partial charge in [0.25, 0.3) is 10.0 Å². The Balaban J connectivity index is 2.15. The van der Waals surface area contributed by atoms with Crippen LogP contribution in [0.1, 0.15) is 29.9 Å². The molecule has 3 N–H and O–H groups in total. The lowest BCUT2D eigenvalue weighted by molar-refractivity contribution is 0.372. The number of hydrogen-bond donors (Lipinski definition) is 3. The van der Waals surface area contributed by atoms with Crippen molar-refractivity contribution in [2.24, 2.45) is 0 Å². The highest BCUT2D eigenvalue weighted by Crippen LogP contribution is 2.16. The van der Waals surface area contributed by atoms with Gasteiger partial charge < -0.3 is 9.84 Å². The third kappa shape index (κ3) is 3.65. The molecule has 2 heterocycles. The van der Waals surface area contributed by atoms with E-state index in [9.17, 15) is 8.42 Å². The molecule has 0 aliphatic heterocycles. The number of aryl methyl sites for hydroxylation is 2. The van der Waals surface area contributed by atoms with E-state index in [0.717, 1.165) is 6.54 Å². The van der Waals surface area contributed by atoms with E-state index in [0.29, 0.717) is 23.6 Å². The van der Waals surface area contributed by atoms with Crippen LogP contribution in [-0.4, -0.2) is 35.3 Å². The lowest BCUT2D eigenvalue weighted by Gasteiger charge is -2.06. The van der Waals surface area contributed by atoms with E-state index in [1.165, 1.54) is 0 Å². The molecule has 0 spiro atoms. The minimum absolute atomic E-state index is 0.0165. The number of rotatable bonds is 7. The predicted octanol–water partition coefficient (Wildman–Crippen LogP) is -0.00246. The summed E-state index contributed by atoms with van der Waals surface area (Å²) < 4.78 is 31.9. The Hall–Kier alpha value is -1.78. The number of H-pyrrole nitrogens is 1. The van der Waals surface area contributed by atoms with Crippen LogP contribution in [0.15, 0.2) is 9.55 Å². The normalized spacial score (nSPS) is 12.0. The summed E-state index contributed by atoms with van der Waals surface area (Å²) in [4.78, 5) is 3.94. The van der Waals surface area contributed by atoms with Crippen LogP contribution in [-0.2, 0) is 23.1 Å². The zero-order valence-corrected chi connectivity index (χ0v) is 12.9. The van der Waals surface area contributed by atoms with Crippen LogP contribution >= 0.6 is 0 Å². The molecular weight excluding hydrogens is 296 g/mol. The molecule has 0 atom stereocenters. The van der Waals surface area contributed by atoms with Crippen molar-refractivity contribution in [1.29, 1.82) is 0 Å². The van der Waals surface area contributed by atoms with Crippen LogP contribution in [0.2, 0.25) is 0 Å². The van der Waals surface area contributed by atoms with Crippen LogP contribution in [0, 0.1) is 13.8 Å². The van der Waals surface area contributed by atoms with Gasteiger partial charge in [0, 0.05) is 17.8 Å². The van der Waals surface area contributed by atoms with E-state index in [2.05, 4.69) is 30.4 Å². The van der Waals surface area contributed by atoms with Crippen molar-refractivity contribution in [2.45, 2.75) is 38.9 Å². The SMILES string of the molecule is CCNCc1c(S(=O)(=O)NCc2nc(C)no2)n[nH]c1C.